The molecule has 0 aromatic heterocycles. The van der Waals surface area contributed by atoms with Gasteiger partial charge in [0.15, 0.2) is 0 Å². The van der Waals surface area contributed by atoms with Gasteiger partial charge in [0.25, 0.3) is 0 Å². The molecule has 2 N–H and O–H groups in total. The number of nitrogens with one attached hydrogen (secondary N) is 2. The lowest BCUT2D eigenvalue weighted by atomic mass is 9.76. The van der Waals surface area contributed by atoms with Crippen LogP contribution in [0.15, 0.2) is 30.3 Å². The predicted octanol–water partition coefficient (Wildman–Crippen LogP) is 3.49. The number of hydrogen-bond donors (Lipinski definition) is 2. The zero-order valence-electron chi connectivity index (χ0n) is 13.8. The first kappa shape index (κ1) is 16.4. The van der Waals surface area contributed by atoms with Crippen molar-refractivity contribution in [2.24, 2.45) is 17.8 Å². The Morgan fingerprint density at radius 2 is 1.88 bits per heavy atom. The highest BCUT2D eigenvalue weighted by molar-refractivity contribution is 8.22. The highest BCUT2D eigenvalue weighted by Gasteiger charge is 2.56. The third kappa shape index (κ3) is 3.47. The predicted molar refractivity (Wildman–Crippen MR) is 103 cm³/mol. The largest absolute Gasteiger partial charge is 0.362 e. The summed E-state index contributed by atoms with van der Waals surface area (Å²) >= 11 is 6.92. The maximum absolute atomic E-state index is 12.4. The molecule has 0 saturated heterocycles. The van der Waals surface area contributed by atoms with Gasteiger partial charge in [0.2, 0.25) is 5.91 Å². The zero-order valence-corrected chi connectivity index (χ0v) is 15.4. The van der Waals surface area contributed by atoms with Gasteiger partial charge in [0.1, 0.15) is 4.32 Å². The van der Waals surface area contributed by atoms with E-state index in [2.05, 4.69) is 22.8 Å². The van der Waals surface area contributed by atoms with Crippen molar-refractivity contribution in [1.29, 1.82) is 0 Å². The van der Waals surface area contributed by atoms with Crippen LogP contribution in [-0.4, -0.2) is 22.3 Å². The van der Waals surface area contributed by atoms with Crippen LogP contribution in [0.1, 0.15) is 37.7 Å². The molecule has 1 aromatic carbocycles. The van der Waals surface area contributed by atoms with Crippen LogP contribution in [0.3, 0.4) is 0 Å². The fourth-order valence-electron chi connectivity index (χ4n) is 5.23. The second kappa shape index (κ2) is 6.68. The van der Waals surface area contributed by atoms with Gasteiger partial charge in [-0.2, -0.15) is 0 Å². The minimum Gasteiger partial charge on any atom is -0.362 e. The summed E-state index contributed by atoms with van der Waals surface area (Å²) < 4.78 is 0.697. The van der Waals surface area contributed by atoms with E-state index >= 15 is 0 Å². The SMILES string of the molecule is O=C(CNC(=S)SCc1ccccc1)NC12CC3CC(C1)C(C3)C2. The van der Waals surface area contributed by atoms with Crippen molar-refractivity contribution < 1.29 is 4.79 Å². The van der Waals surface area contributed by atoms with Crippen LogP contribution >= 0.6 is 24.0 Å². The Morgan fingerprint density at radius 1 is 1.17 bits per heavy atom. The molecule has 128 valence electrons. The van der Waals surface area contributed by atoms with Crippen molar-refractivity contribution >= 4 is 34.2 Å². The molecule has 4 aliphatic carbocycles. The van der Waals surface area contributed by atoms with Crippen LogP contribution in [0.25, 0.3) is 0 Å². The summed E-state index contributed by atoms with van der Waals surface area (Å²) in [5.41, 5.74) is 1.35. The van der Waals surface area contributed by atoms with E-state index < -0.39 is 0 Å². The van der Waals surface area contributed by atoms with Gasteiger partial charge in [0.05, 0.1) is 6.54 Å². The summed E-state index contributed by atoms with van der Waals surface area (Å²) in [6, 6.07) is 10.3. The maximum Gasteiger partial charge on any atom is 0.239 e. The molecule has 4 aliphatic rings. The summed E-state index contributed by atoms with van der Waals surface area (Å²) in [6.45, 7) is 0.294. The van der Waals surface area contributed by atoms with Crippen LogP contribution in [0, 0.1) is 17.8 Å². The van der Waals surface area contributed by atoms with E-state index in [1.807, 2.05) is 18.2 Å². The number of benzene rings is 1. The van der Waals surface area contributed by atoms with E-state index in [4.69, 9.17) is 12.2 Å². The van der Waals surface area contributed by atoms with E-state index in [1.54, 1.807) is 11.8 Å². The number of carbonyl (C=O) groups is 1. The topological polar surface area (TPSA) is 41.1 Å². The number of thiocarbonyl (C=S) groups is 1. The van der Waals surface area contributed by atoms with Crippen molar-refractivity contribution in [1.82, 2.24) is 10.6 Å². The molecule has 24 heavy (non-hydrogen) atoms. The molecule has 5 heteroatoms. The number of rotatable bonds is 5. The van der Waals surface area contributed by atoms with Gasteiger partial charge < -0.3 is 10.6 Å². The first-order chi connectivity index (χ1) is 11.6. The summed E-state index contributed by atoms with van der Waals surface area (Å²) in [5, 5.41) is 6.45. The zero-order chi connectivity index (χ0) is 16.6. The molecular weight excluding hydrogens is 336 g/mol. The third-order valence-corrected chi connectivity index (χ3v) is 7.32. The quantitative estimate of drug-likeness (QED) is 0.789. The minimum absolute atomic E-state index is 0.0969. The van der Waals surface area contributed by atoms with Gasteiger partial charge in [-0.3, -0.25) is 4.79 Å². The Hall–Kier alpha value is -1.07. The summed E-state index contributed by atoms with van der Waals surface area (Å²) in [5.74, 6) is 3.54. The van der Waals surface area contributed by atoms with E-state index in [0.717, 1.165) is 23.5 Å². The second-order valence-corrected chi connectivity index (χ2v) is 9.37. The molecule has 2 atom stereocenters. The second-order valence-electron chi connectivity index (χ2n) is 7.71. The summed E-state index contributed by atoms with van der Waals surface area (Å²) in [4.78, 5) is 12.4. The van der Waals surface area contributed by atoms with Gasteiger partial charge in [-0.1, -0.05) is 54.3 Å². The van der Waals surface area contributed by atoms with Crippen LogP contribution < -0.4 is 10.6 Å². The molecule has 0 heterocycles. The third-order valence-electron chi connectivity index (χ3n) is 5.93. The minimum atomic E-state index is 0.0969. The lowest BCUT2D eigenvalue weighted by Crippen LogP contribution is -2.52. The Kier molecular flexibility index (Phi) is 4.56. The van der Waals surface area contributed by atoms with E-state index in [9.17, 15) is 4.79 Å². The molecule has 1 aromatic rings. The van der Waals surface area contributed by atoms with Crippen molar-refractivity contribution in [3.05, 3.63) is 35.9 Å². The average Bonchev–Trinajstić information content (AvgIpc) is 2.98. The van der Waals surface area contributed by atoms with Crippen LogP contribution in [0.5, 0.6) is 0 Å². The van der Waals surface area contributed by atoms with E-state index in [0.29, 0.717) is 10.9 Å². The lowest BCUT2D eigenvalue weighted by Gasteiger charge is -2.39. The molecule has 1 amide bonds. The van der Waals surface area contributed by atoms with Crippen molar-refractivity contribution in [2.75, 3.05) is 6.54 Å². The van der Waals surface area contributed by atoms with Crippen molar-refractivity contribution in [2.45, 2.75) is 43.4 Å². The molecular formula is C19H24N2OS2. The number of carbonyl (C=O) groups excluding carboxylic acids is 1. The Morgan fingerprint density at radius 3 is 2.54 bits per heavy atom. The van der Waals surface area contributed by atoms with E-state index in [1.165, 1.54) is 37.7 Å². The van der Waals surface area contributed by atoms with Gasteiger partial charge in [-0.25, -0.2) is 0 Å². The molecule has 4 bridgehead atoms. The van der Waals surface area contributed by atoms with Crippen molar-refractivity contribution in [3.63, 3.8) is 0 Å². The van der Waals surface area contributed by atoms with Crippen LogP contribution in [-0.2, 0) is 10.5 Å². The summed E-state index contributed by atoms with van der Waals surface area (Å²) in [6.07, 6.45) is 6.40. The summed E-state index contributed by atoms with van der Waals surface area (Å²) in [7, 11) is 0. The molecule has 4 saturated carbocycles. The molecule has 2 unspecified atom stereocenters. The number of amides is 1. The Bertz CT molecular complexity index is 614. The number of hydrogen-bond acceptors (Lipinski definition) is 3. The van der Waals surface area contributed by atoms with Gasteiger partial charge in [-0.15, -0.1) is 0 Å². The fourth-order valence-corrected chi connectivity index (χ4v) is 6.14. The smallest absolute Gasteiger partial charge is 0.239 e. The fraction of sp³-hybridized carbons (Fsp3) is 0.579. The lowest BCUT2D eigenvalue weighted by molar-refractivity contribution is -0.122. The Labute approximate surface area is 153 Å². The molecule has 5 rings (SSSR count). The van der Waals surface area contributed by atoms with E-state index in [-0.39, 0.29) is 11.4 Å². The first-order valence-electron chi connectivity index (χ1n) is 8.87. The first-order valence-corrected chi connectivity index (χ1v) is 10.3. The Balaban J connectivity index is 1.20. The maximum atomic E-state index is 12.4. The number of thioether (sulfide) groups is 1. The average molecular weight is 361 g/mol. The van der Waals surface area contributed by atoms with Gasteiger partial charge >= 0.3 is 0 Å². The molecule has 0 aliphatic heterocycles. The molecule has 4 fully saturated rings. The highest BCUT2D eigenvalue weighted by Crippen LogP contribution is 2.59. The molecule has 0 spiro atoms. The normalized spacial score (nSPS) is 32.8. The molecule has 3 nitrogen and oxygen atoms in total. The molecule has 0 radical (unpaired) electrons. The highest BCUT2D eigenvalue weighted by atomic mass is 32.2. The van der Waals surface area contributed by atoms with Crippen LogP contribution in [0.2, 0.25) is 0 Å². The van der Waals surface area contributed by atoms with Gasteiger partial charge in [-0.05, 0) is 55.4 Å². The van der Waals surface area contributed by atoms with Crippen molar-refractivity contribution in [3.8, 4) is 0 Å². The van der Waals surface area contributed by atoms with Gasteiger partial charge in [0, 0.05) is 11.3 Å². The van der Waals surface area contributed by atoms with Crippen LogP contribution in [0.4, 0.5) is 0 Å². The monoisotopic (exact) mass is 360 g/mol. The standard InChI is InChI=1S/C19H24N2OS2/c22-17(11-20-18(23)24-12-13-4-2-1-3-5-13)21-19-8-14-6-15(9-19)16(7-14)10-19/h1-5,14-16H,6-12H2,(H,20,23)(H,21,22).